The molecule has 0 aliphatic carbocycles. The third-order valence-electron chi connectivity index (χ3n) is 2.66. The number of hydrogen-bond acceptors (Lipinski definition) is 2. The lowest BCUT2D eigenvalue weighted by Gasteiger charge is -1.97. The van der Waals surface area contributed by atoms with Crippen molar-refractivity contribution in [2.45, 2.75) is 0 Å². The van der Waals surface area contributed by atoms with Gasteiger partial charge in [-0.25, -0.2) is 0 Å². The first-order valence-electron chi connectivity index (χ1n) is 5.06. The van der Waals surface area contributed by atoms with Crippen LogP contribution in [0.5, 0.6) is 5.75 Å². The molecule has 3 aromatic rings. The quantitative estimate of drug-likeness (QED) is 0.708. The Hall–Kier alpha value is -2.16. The van der Waals surface area contributed by atoms with Crippen LogP contribution in [0.4, 0.5) is 0 Å². The van der Waals surface area contributed by atoms with Crippen molar-refractivity contribution >= 4 is 10.9 Å². The molecule has 16 heavy (non-hydrogen) atoms. The lowest BCUT2D eigenvalue weighted by atomic mass is 10.2. The van der Waals surface area contributed by atoms with E-state index in [9.17, 15) is 0 Å². The lowest BCUT2D eigenvalue weighted by Crippen LogP contribution is -1.80. The number of H-pyrrole nitrogens is 1. The van der Waals surface area contributed by atoms with Gasteiger partial charge in [-0.1, -0.05) is 0 Å². The first kappa shape index (κ1) is 9.09. The van der Waals surface area contributed by atoms with Crippen molar-refractivity contribution in [3.05, 3.63) is 42.9 Å². The van der Waals surface area contributed by atoms with E-state index in [1.807, 2.05) is 24.3 Å². The van der Waals surface area contributed by atoms with Crippen molar-refractivity contribution in [2.24, 2.45) is 0 Å². The fraction of sp³-hybridized carbons (Fsp3) is 0.0769. The van der Waals surface area contributed by atoms with Crippen LogP contribution in [0.2, 0.25) is 0 Å². The Morgan fingerprint density at radius 1 is 1.19 bits per heavy atom. The Balaban J connectivity index is 2.16. The molecule has 2 heterocycles. The van der Waals surface area contributed by atoms with Crippen LogP contribution in [-0.2, 0) is 0 Å². The molecule has 0 unspecified atom stereocenters. The summed E-state index contributed by atoms with van der Waals surface area (Å²) in [6, 6.07) is 10.0. The van der Waals surface area contributed by atoms with E-state index in [0.717, 1.165) is 27.9 Å². The number of furan rings is 1. The average molecular weight is 213 g/mol. The summed E-state index contributed by atoms with van der Waals surface area (Å²) in [4.78, 5) is 3.33. The van der Waals surface area contributed by atoms with Crippen molar-refractivity contribution < 1.29 is 9.15 Å². The highest BCUT2D eigenvalue weighted by atomic mass is 16.5. The van der Waals surface area contributed by atoms with E-state index in [-0.39, 0.29) is 0 Å². The number of methoxy groups -OCH3 is 1. The van der Waals surface area contributed by atoms with E-state index >= 15 is 0 Å². The zero-order valence-corrected chi connectivity index (χ0v) is 8.86. The van der Waals surface area contributed by atoms with Gasteiger partial charge in [0.05, 0.1) is 19.6 Å². The molecular formula is C13H11NO2. The van der Waals surface area contributed by atoms with Gasteiger partial charge in [0.2, 0.25) is 0 Å². The van der Waals surface area contributed by atoms with E-state index in [4.69, 9.17) is 9.15 Å². The van der Waals surface area contributed by atoms with Gasteiger partial charge in [0.1, 0.15) is 5.75 Å². The van der Waals surface area contributed by atoms with Crippen molar-refractivity contribution in [3.8, 4) is 17.0 Å². The fourth-order valence-electron chi connectivity index (χ4n) is 1.81. The number of hydrogen-bond donors (Lipinski definition) is 1. The second-order valence-electron chi connectivity index (χ2n) is 3.65. The number of aromatic amines is 1. The van der Waals surface area contributed by atoms with E-state index in [0.29, 0.717) is 0 Å². The summed E-state index contributed by atoms with van der Waals surface area (Å²) in [5.74, 6) is 0.855. The monoisotopic (exact) mass is 213 g/mol. The smallest absolute Gasteiger partial charge is 0.120 e. The number of ether oxygens (including phenoxy) is 1. The maximum Gasteiger partial charge on any atom is 0.120 e. The zero-order valence-electron chi connectivity index (χ0n) is 8.86. The molecule has 1 aromatic carbocycles. The number of benzene rings is 1. The lowest BCUT2D eigenvalue weighted by molar-refractivity contribution is 0.415. The Morgan fingerprint density at radius 2 is 2.12 bits per heavy atom. The number of fused-ring (bicyclic) bond motifs is 1. The van der Waals surface area contributed by atoms with Crippen LogP contribution in [0, 0.1) is 0 Å². The molecule has 0 saturated carbocycles. The second-order valence-corrected chi connectivity index (χ2v) is 3.65. The van der Waals surface area contributed by atoms with Crippen molar-refractivity contribution in [1.29, 1.82) is 0 Å². The Bertz CT molecular complexity index is 608. The SMILES string of the molecule is COc1ccc2cc(-c3ccoc3)[nH]c2c1. The van der Waals surface area contributed by atoms with E-state index < -0.39 is 0 Å². The fourth-order valence-corrected chi connectivity index (χ4v) is 1.81. The molecule has 0 amide bonds. The molecule has 0 spiro atoms. The summed E-state index contributed by atoms with van der Waals surface area (Å²) >= 11 is 0. The molecule has 0 aliphatic heterocycles. The summed E-state index contributed by atoms with van der Waals surface area (Å²) < 4.78 is 10.2. The summed E-state index contributed by atoms with van der Waals surface area (Å²) in [7, 11) is 1.67. The molecule has 3 nitrogen and oxygen atoms in total. The standard InChI is InChI=1S/C13H11NO2/c1-15-11-3-2-9-6-12(14-13(9)7-11)10-4-5-16-8-10/h2-8,14H,1H3. The van der Waals surface area contributed by atoms with Crippen LogP contribution < -0.4 is 4.74 Å². The number of aromatic nitrogens is 1. The van der Waals surface area contributed by atoms with Crippen LogP contribution in [0.3, 0.4) is 0 Å². The van der Waals surface area contributed by atoms with Gasteiger partial charge < -0.3 is 14.1 Å². The molecule has 2 aromatic heterocycles. The van der Waals surface area contributed by atoms with Gasteiger partial charge in [-0.3, -0.25) is 0 Å². The molecule has 0 atom stereocenters. The van der Waals surface area contributed by atoms with Gasteiger partial charge in [0, 0.05) is 28.2 Å². The Labute approximate surface area is 92.7 Å². The number of rotatable bonds is 2. The molecule has 3 rings (SSSR count). The Kier molecular flexibility index (Phi) is 1.96. The Morgan fingerprint density at radius 3 is 2.88 bits per heavy atom. The van der Waals surface area contributed by atoms with Gasteiger partial charge in [0.25, 0.3) is 0 Å². The van der Waals surface area contributed by atoms with Gasteiger partial charge >= 0.3 is 0 Å². The molecule has 0 fully saturated rings. The molecule has 80 valence electrons. The van der Waals surface area contributed by atoms with Gasteiger partial charge in [-0.2, -0.15) is 0 Å². The van der Waals surface area contributed by atoms with Crippen LogP contribution in [0.1, 0.15) is 0 Å². The maximum absolute atomic E-state index is 5.18. The normalized spacial score (nSPS) is 10.8. The average Bonchev–Trinajstić information content (AvgIpc) is 2.96. The highest BCUT2D eigenvalue weighted by molar-refractivity contribution is 5.86. The van der Waals surface area contributed by atoms with Crippen molar-refractivity contribution in [3.63, 3.8) is 0 Å². The van der Waals surface area contributed by atoms with Gasteiger partial charge in [0.15, 0.2) is 0 Å². The number of nitrogens with one attached hydrogen (secondary N) is 1. The second kappa shape index (κ2) is 3.45. The highest BCUT2D eigenvalue weighted by Crippen LogP contribution is 2.26. The highest BCUT2D eigenvalue weighted by Gasteiger charge is 2.04. The van der Waals surface area contributed by atoms with E-state index in [1.54, 1.807) is 19.6 Å². The summed E-state index contributed by atoms with van der Waals surface area (Å²) in [6.07, 6.45) is 3.39. The molecule has 1 N–H and O–H groups in total. The zero-order chi connectivity index (χ0) is 11.0. The minimum atomic E-state index is 0.855. The minimum absolute atomic E-state index is 0.855. The van der Waals surface area contributed by atoms with E-state index in [2.05, 4.69) is 11.1 Å². The first-order valence-corrected chi connectivity index (χ1v) is 5.06. The predicted molar refractivity (Wildman–Crippen MR) is 62.6 cm³/mol. The summed E-state index contributed by atoms with van der Waals surface area (Å²) in [6.45, 7) is 0. The van der Waals surface area contributed by atoms with Crippen LogP contribution >= 0.6 is 0 Å². The van der Waals surface area contributed by atoms with Crippen LogP contribution in [0.15, 0.2) is 47.3 Å². The summed E-state index contributed by atoms with van der Waals surface area (Å²) in [5, 5.41) is 1.16. The van der Waals surface area contributed by atoms with E-state index in [1.165, 1.54) is 0 Å². The molecule has 0 bridgehead atoms. The molecule has 0 radical (unpaired) electrons. The third kappa shape index (κ3) is 1.37. The topological polar surface area (TPSA) is 38.2 Å². The van der Waals surface area contributed by atoms with Gasteiger partial charge in [-0.05, 0) is 24.3 Å². The van der Waals surface area contributed by atoms with Crippen LogP contribution in [-0.4, -0.2) is 12.1 Å². The first-order chi connectivity index (χ1) is 7.86. The third-order valence-corrected chi connectivity index (χ3v) is 2.66. The molecule has 0 aliphatic rings. The largest absolute Gasteiger partial charge is 0.497 e. The minimum Gasteiger partial charge on any atom is -0.497 e. The summed E-state index contributed by atoms with van der Waals surface area (Å²) in [5.41, 5.74) is 3.17. The molecule has 3 heteroatoms. The maximum atomic E-state index is 5.18. The molecular weight excluding hydrogens is 202 g/mol. The van der Waals surface area contributed by atoms with Crippen LogP contribution in [0.25, 0.3) is 22.2 Å². The predicted octanol–water partition coefficient (Wildman–Crippen LogP) is 3.44. The molecule has 0 saturated heterocycles. The van der Waals surface area contributed by atoms with Crippen molar-refractivity contribution in [1.82, 2.24) is 4.98 Å². The van der Waals surface area contributed by atoms with Gasteiger partial charge in [-0.15, -0.1) is 0 Å². The van der Waals surface area contributed by atoms with Crippen molar-refractivity contribution in [2.75, 3.05) is 7.11 Å².